The standard InChI is InChI=1S/C16H12Cl2N2O2.C9H10ClNO2.C8H4ClNO3/c17-10-5-6-13-11(8-10)15(21)20-14(16(22)19-13)7-9-3-1-2-4-12(9)18;10-7-4-2-1-3-6(7)5-8(11)9(12)13;9-4-1-2-6-5(3-4)7(11)13-8(12)10-6/h1-6,8,14H,7H2,(H,19,22)(H,20,21);1-4,8H,5,11H2,(H,12,13);1-3H,(H,10,12). The summed E-state index contributed by atoms with van der Waals surface area (Å²) in [6.07, 6.45) is 0.577. The Bertz CT molecular complexity index is 2100. The van der Waals surface area contributed by atoms with Crippen molar-refractivity contribution in [2.24, 2.45) is 5.73 Å². The molecule has 6 N–H and O–H groups in total. The molecule has 48 heavy (non-hydrogen) atoms. The number of carboxylic acid groups (broad SMARTS) is 1. The summed E-state index contributed by atoms with van der Waals surface area (Å²) in [5.41, 5.74) is 7.47. The third-order valence-corrected chi connectivity index (χ3v) is 8.03. The number of nitrogens with two attached hydrogens (primary N) is 1. The molecule has 1 aromatic heterocycles. The van der Waals surface area contributed by atoms with Crippen molar-refractivity contribution >= 4 is 80.8 Å². The number of carboxylic acids is 1. The molecule has 0 saturated carbocycles. The molecule has 0 saturated heterocycles. The lowest BCUT2D eigenvalue weighted by molar-refractivity contribution is -0.138. The van der Waals surface area contributed by atoms with Gasteiger partial charge < -0.3 is 25.9 Å². The van der Waals surface area contributed by atoms with Crippen LogP contribution >= 0.6 is 46.4 Å². The van der Waals surface area contributed by atoms with E-state index in [2.05, 4.69) is 20.0 Å². The number of H-pyrrole nitrogens is 1. The summed E-state index contributed by atoms with van der Waals surface area (Å²) in [4.78, 5) is 59.3. The van der Waals surface area contributed by atoms with Crippen molar-refractivity contribution < 1.29 is 23.9 Å². The van der Waals surface area contributed by atoms with Crippen molar-refractivity contribution in [3.63, 3.8) is 0 Å². The fraction of sp³-hybridized carbons (Fsp3) is 0.121. The molecule has 1 aliphatic rings. The largest absolute Gasteiger partial charge is 0.480 e. The summed E-state index contributed by atoms with van der Waals surface area (Å²) in [6, 6.07) is 22.1. The zero-order chi connectivity index (χ0) is 35.0. The van der Waals surface area contributed by atoms with Crippen LogP contribution in [0.1, 0.15) is 21.5 Å². The molecule has 248 valence electrons. The number of carbonyl (C=O) groups is 3. The Morgan fingerprint density at radius 2 is 1.44 bits per heavy atom. The summed E-state index contributed by atoms with van der Waals surface area (Å²) in [5.74, 6) is -2.40. The summed E-state index contributed by atoms with van der Waals surface area (Å²) < 4.78 is 4.32. The first kappa shape index (κ1) is 36.2. The van der Waals surface area contributed by atoms with Crippen LogP contribution in [0.25, 0.3) is 10.9 Å². The smallest absolute Gasteiger partial charge is 0.419 e. The highest BCUT2D eigenvalue weighted by atomic mass is 35.5. The Labute approximate surface area is 292 Å². The molecule has 0 fully saturated rings. The van der Waals surface area contributed by atoms with Gasteiger partial charge in [0.15, 0.2) is 0 Å². The Hall–Kier alpha value is -4.65. The first-order chi connectivity index (χ1) is 22.8. The number of carbonyl (C=O) groups excluding carboxylic acids is 2. The maximum Gasteiger partial charge on any atom is 0.419 e. The average molecular weight is 732 g/mol. The third kappa shape index (κ3) is 9.69. The second-order valence-corrected chi connectivity index (χ2v) is 11.9. The first-order valence-corrected chi connectivity index (χ1v) is 15.5. The minimum absolute atomic E-state index is 0.259. The van der Waals surface area contributed by atoms with Crippen molar-refractivity contribution in [2.75, 3.05) is 5.32 Å². The number of fused-ring (bicyclic) bond motifs is 2. The monoisotopic (exact) mass is 730 g/mol. The van der Waals surface area contributed by atoms with Gasteiger partial charge in [-0.3, -0.25) is 19.4 Å². The van der Waals surface area contributed by atoms with Gasteiger partial charge in [-0.2, -0.15) is 0 Å². The van der Waals surface area contributed by atoms with Crippen LogP contribution in [0.15, 0.2) is 98.9 Å². The number of aromatic amines is 1. The molecule has 5 aromatic rings. The van der Waals surface area contributed by atoms with E-state index in [0.717, 1.165) is 11.1 Å². The SMILES string of the molecule is NC(Cc1ccccc1Cl)C(=O)O.O=C1NC(Cc2ccccc2Cl)C(=O)Nc2ccc(Cl)cc21.O=c1[nH]c2ccc(Cl)cc2c(=O)o1. The van der Waals surface area contributed by atoms with Gasteiger partial charge in [0.2, 0.25) is 5.91 Å². The predicted molar refractivity (Wildman–Crippen MR) is 185 cm³/mol. The highest BCUT2D eigenvalue weighted by Crippen LogP contribution is 2.24. The number of halogens is 4. The fourth-order valence-corrected chi connectivity index (χ4v) is 5.19. The van der Waals surface area contributed by atoms with Crippen LogP contribution in [-0.2, 0) is 22.4 Å². The first-order valence-electron chi connectivity index (χ1n) is 14.0. The average Bonchev–Trinajstić information content (AvgIpc) is 3.15. The zero-order valence-electron chi connectivity index (χ0n) is 24.6. The molecule has 11 nitrogen and oxygen atoms in total. The molecule has 0 radical (unpaired) electrons. The van der Waals surface area contributed by atoms with Crippen LogP contribution in [-0.4, -0.2) is 40.0 Å². The van der Waals surface area contributed by atoms with E-state index >= 15 is 0 Å². The maximum absolute atomic E-state index is 12.3. The maximum atomic E-state index is 12.3. The Morgan fingerprint density at radius 1 is 0.833 bits per heavy atom. The summed E-state index contributed by atoms with van der Waals surface area (Å²) in [5, 5.41) is 16.3. The van der Waals surface area contributed by atoms with Crippen molar-refractivity contribution in [3.05, 3.63) is 143 Å². The molecule has 2 amide bonds. The highest BCUT2D eigenvalue weighted by Gasteiger charge is 2.28. The number of amides is 2. The normalized spacial score (nSPS) is 14.1. The van der Waals surface area contributed by atoms with Gasteiger partial charge in [0.25, 0.3) is 5.91 Å². The van der Waals surface area contributed by atoms with Crippen LogP contribution < -0.4 is 27.7 Å². The third-order valence-electron chi connectivity index (χ3n) is 6.83. The number of aliphatic carboxylic acids is 1. The molecule has 0 spiro atoms. The molecule has 0 aliphatic carbocycles. The molecule has 2 unspecified atom stereocenters. The van der Waals surface area contributed by atoms with Gasteiger partial charge in [-0.1, -0.05) is 82.8 Å². The quantitative estimate of drug-likeness (QED) is 0.152. The second-order valence-electron chi connectivity index (χ2n) is 10.2. The molecule has 2 heterocycles. The van der Waals surface area contributed by atoms with E-state index in [-0.39, 0.29) is 23.6 Å². The van der Waals surface area contributed by atoms with Crippen molar-refractivity contribution in [1.29, 1.82) is 0 Å². The number of hydrogen-bond acceptors (Lipinski definition) is 7. The molecular formula is C33H26Cl4N4O7. The Balaban J connectivity index is 0.000000173. The number of benzene rings is 4. The Kier molecular flexibility index (Phi) is 12.4. The van der Waals surface area contributed by atoms with Crippen LogP contribution in [0.4, 0.5) is 5.69 Å². The van der Waals surface area contributed by atoms with Crippen molar-refractivity contribution in [1.82, 2.24) is 10.3 Å². The minimum Gasteiger partial charge on any atom is -0.480 e. The number of hydrogen-bond donors (Lipinski definition) is 5. The molecule has 2 atom stereocenters. The molecular weight excluding hydrogens is 706 g/mol. The number of rotatable bonds is 5. The molecule has 0 bridgehead atoms. The molecule has 15 heteroatoms. The van der Waals surface area contributed by atoms with Gasteiger partial charge in [0, 0.05) is 26.5 Å². The minimum atomic E-state index is -1.01. The van der Waals surface area contributed by atoms with Gasteiger partial charge in [-0.25, -0.2) is 9.59 Å². The van der Waals surface area contributed by atoms with Gasteiger partial charge in [-0.05, 0) is 66.1 Å². The van der Waals surface area contributed by atoms with Gasteiger partial charge in [0.1, 0.15) is 12.1 Å². The predicted octanol–water partition coefficient (Wildman–Crippen LogP) is 5.72. The molecule has 1 aliphatic heterocycles. The van der Waals surface area contributed by atoms with E-state index in [1.165, 1.54) is 12.1 Å². The lowest BCUT2D eigenvalue weighted by Gasteiger charge is -2.15. The number of aromatic nitrogens is 1. The number of nitrogens with one attached hydrogen (secondary N) is 3. The van der Waals surface area contributed by atoms with E-state index in [0.29, 0.717) is 43.3 Å². The van der Waals surface area contributed by atoms with Crippen LogP contribution in [0.3, 0.4) is 0 Å². The highest BCUT2D eigenvalue weighted by molar-refractivity contribution is 6.32. The van der Waals surface area contributed by atoms with E-state index in [9.17, 15) is 24.0 Å². The summed E-state index contributed by atoms with van der Waals surface area (Å²) >= 11 is 23.5. The summed E-state index contributed by atoms with van der Waals surface area (Å²) in [6.45, 7) is 0. The van der Waals surface area contributed by atoms with E-state index < -0.39 is 29.4 Å². The topological polar surface area (TPSA) is 185 Å². The lowest BCUT2D eigenvalue weighted by Crippen LogP contribution is -2.42. The van der Waals surface area contributed by atoms with Crippen LogP contribution in [0, 0.1) is 0 Å². The zero-order valence-corrected chi connectivity index (χ0v) is 27.7. The van der Waals surface area contributed by atoms with Gasteiger partial charge in [-0.15, -0.1) is 0 Å². The summed E-state index contributed by atoms with van der Waals surface area (Å²) in [7, 11) is 0. The van der Waals surface area contributed by atoms with E-state index in [1.807, 2.05) is 18.2 Å². The lowest BCUT2D eigenvalue weighted by atomic mass is 10.1. The van der Waals surface area contributed by atoms with Crippen LogP contribution in [0.2, 0.25) is 20.1 Å². The van der Waals surface area contributed by atoms with E-state index in [4.69, 9.17) is 57.2 Å². The second kappa shape index (κ2) is 16.4. The molecule has 6 rings (SSSR count). The molecule has 4 aromatic carbocycles. The van der Waals surface area contributed by atoms with Gasteiger partial charge >= 0.3 is 17.4 Å². The van der Waals surface area contributed by atoms with Crippen molar-refractivity contribution in [3.8, 4) is 0 Å². The van der Waals surface area contributed by atoms with Crippen LogP contribution in [0.5, 0.6) is 0 Å². The van der Waals surface area contributed by atoms with Crippen molar-refractivity contribution in [2.45, 2.75) is 24.9 Å². The van der Waals surface area contributed by atoms with E-state index in [1.54, 1.807) is 54.6 Å². The Morgan fingerprint density at radius 3 is 2.08 bits per heavy atom. The van der Waals surface area contributed by atoms with Gasteiger partial charge in [0.05, 0.1) is 22.2 Å². The number of anilines is 1. The fourth-order valence-electron chi connectivity index (χ4n) is 4.42.